The van der Waals surface area contributed by atoms with Crippen molar-refractivity contribution in [2.75, 3.05) is 0 Å². The van der Waals surface area contributed by atoms with Crippen LogP contribution in [0, 0.1) is 5.92 Å². The van der Waals surface area contributed by atoms with Gasteiger partial charge in [-0.2, -0.15) is 0 Å². The summed E-state index contributed by atoms with van der Waals surface area (Å²) < 4.78 is 2.18. The maximum absolute atomic E-state index is 11.9. The molecule has 4 nitrogen and oxygen atoms in total. The van der Waals surface area contributed by atoms with E-state index >= 15 is 0 Å². The van der Waals surface area contributed by atoms with Gasteiger partial charge in [-0.25, -0.2) is 5.84 Å². The van der Waals surface area contributed by atoms with Gasteiger partial charge in [-0.1, -0.05) is 39.0 Å². The molecule has 1 fully saturated rings. The molecule has 1 amide bonds. The van der Waals surface area contributed by atoms with Gasteiger partial charge in [-0.3, -0.25) is 10.2 Å². The second kappa shape index (κ2) is 6.93. The zero-order chi connectivity index (χ0) is 14.5. The third-order valence-electron chi connectivity index (χ3n) is 4.62. The molecule has 1 aliphatic rings. The van der Waals surface area contributed by atoms with Gasteiger partial charge in [-0.15, -0.1) is 0 Å². The summed E-state index contributed by atoms with van der Waals surface area (Å²) in [7, 11) is 0. The molecule has 20 heavy (non-hydrogen) atoms. The fourth-order valence-corrected chi connectivity index (χ4v) is 3.31. The molecule has 1 saturated carbocycles. The first-order valence-electron chi connectivity index (χ1n) is 7.88. The molecule has 1 aromatic rings. The molecule has 1 atom stereocenters. The fraction of sp³-hybridized carbons (Fsp3) is 0.688. The summed E-state index contributed by atoms with van der Waals surface area (Å²) >= 11 is 0. The molecular weight excluding hydrogens is 250 g/mol. The van der Waals surface area contributed by atoms with Gasteiger partial charge in [0.25, 0.3) is 5.91 Å². The van der Waals surface area contributed by atoms with Gasteiger partial charge in [0.15, 0.2) is 0 Å². The molecule has 1 aliphatic carbocycles. The fourth-order valence-electron chi connectivity index (χ4n) is 3.31. The first kappa shape index (κ1) is 15.1. The highest BCUT2D eigenvalue weighted by Crippen LogP contribution is 2.29. The molecular formula is C16H27N3O. The molecule has 0 aromatic carbocycles. The van der Waals surface area contributed by atoms with Crippen LogP contribution in [-0.4, -0.2) is 10.5 Å². The van der Waals surface area contributed by atoms with E-state index in [4.69, 9.17) is 5.84 Å². The molecule has 0 aliphatic heterocycles. The van der Waals surface area contributed by atoms with Gasteiger partial charge in [-0.05, 0) is 37.8 Å². The highest BCUT2D eigenvalue weighted by Gasteiger charge is 2.21. The third kappa shape index (κ3) is 3.23. The first-order valence-corrected chi connectivity index (χ1v) is 7.88. The number of nitrogens with two attached hydrogens (primary N) is 1. The van der Waals surface area contributed by atoms with Crippen molar-refractivity contribution in [1.29, 1.82) is 0 Å². The van der Waals surface area contributed by atoms with E-state index in [0.717, 1.165) is 18.8 Å². The molecule has 0 unspecified atom stereocenters. The minimum absolute atomic E-state index is 0.194. The molecule has 3 N–H and O–H groups in total. The number of hydrogen-bond acceptors (Lipinski definition) is 2. The van der Waals surface area contributed by atoms with Gasteiger partial charge in [0, 0.05) is 11.7 Å². The summed E-state index contributed by atoms with van der Waals surface area (Å²) in [5, 5.41) is 0. The third-order valence-corrected chi connectivity index (χ3v) is 4.62. The predicted octanol–water partition coefficient (Wildman–Crippen LogP) is 3.19. The number of amides is 1. The Bertz CT molecular complexity index is 447. The Morgan fingerprint density at radius 3 is 2.70 bits per heavy atom. The molecule has 0 saturated heterocycles. The molecule has 112 valence electrons. The zero-order valence-electron chi connectivity index (χ0n) is 12.7. The number of nitrogen functional groups attached to an aromatic ring is 1. The zero-order valence-corrected chi connectivity index (χ0v) is 12.7. The summed E-state index contributed by atoms with van der Waals surface area (Å²) in [5.74, 6) is 5.87. The second-order valence-electron chi connectivity index (χ2n) is 6.02. The molecule has 1 aromatic heterocycles. The van der Waals surface area contributed by atoms with Crippen LogP contribution in [0.2, 0.25) is 0 Å². The van der Waals surface area contributed by atoms with Crippen LogP contribution in [0.1, 0.15) is 74.6 Å². The molecule has 2 rings (SSSR count). The van der Waals surface area contributed by atoms with E-state index < -0.39 is 0 Å². The van der Waals surface area contributed by atoms with Crippen molar-refractivity contribution >= 4 is 5.91 Å². The van der Waals surface area contributed by atoms with Crippen molar-refractivity contribution in [2.24, 2.45) is 11.8 Å². The normalized spacial score (nSPS) is 17.9. The minimum atomic E-state index is -0.194. The average Bonchev–Trinajstić information content (AvgIpc) is 2.90. The Balaban J connectivity index is 2.22. The number of nitrogens with zero attached hydrogens (tertiary/aromatic N) is 1. The second-order valence-corrected chi connectivity index (χ2v) is 6.02. The lowest BCUT2D eigenvalue weighted by molar-refractivity contribution is 0.0941. The van der Waals surface area contributed by atoms with Gasteiger partial charge in [0.1, 0.15) is 5.69 Å². The highest BCUT2D eigenvalue weighted by atomic mass is 16.2. The van der Waals surface area contributed by atoms with E-state index in [1.165, 1.54) is 37.8 Å². The van der Waals surface area contributed by atoms with E-state index in [1.807, 2.05) is 6.07 Å². The average molecular weight is 277 g/mol. The van der Waals surface area contributed by atoms with Crippen LogP contribution in [0.25, 0.3) is 0 Å². The molecule has 0 bridgehead atoms. The van der Waals surface area contributed by atoms with Crippen LogP contribution in [0.3, 0.4) is 0 Å². The van der Waals surface area contributed by atoms with Crippen molar-refractivity contribution in [2.45, 2.75) is 64.8 Å². The Labute approximate surface area is 121 Å². The van der Waals surface area contributed by atoms with Crippen LogP contribution in [0.4, 0.5) is 0 Å². The quantitative estimate of drug-likeness (QED) is 0.493. The van der Waals surface area contributed by atoms with Gasteiger partial charge < -0.3 is 4.57 Å². The Kier molecular flexibility index (Phi) is 5.24. The summed E-state index contributed by atoms with van der Waals surface area (Å²) in [6.07, 6.45) is 8.83. The number of hydrazine groups is 1. The largest absolute Gasteiger partial charge is 0.338 e. The molecule has 0 radical (unpaired) electrons. The van der Waals surface area contributed by atoms with Crippen LogP contribution >= 0.6 is 0 Å². The van der Waals surface area contributed by atoms with E-state index in [2.05, 4.69) is 29.9 Å². The van der Waals surface area contributed by atoms with Crippen LogP contribution in [0.5, 0.6) is 0 Å². The number of nitrogens with one attached hydrogen (secondary N) is 1. The van der Waals surface area contributed by atoms with Gasteiger partial charge in [0.2, 0.25) is 0 Å². The minimum Gasteiger partial charge on any atom is -0.338 e. The lowest BCUT2D eigenvalue weighted by Crippen LogP contribution is -2.32. The standard InChI is InChI=1S/C16H27N3O/c1-3-12(2)19-14(9-10-15(19)16(20)18-17)11-13-7-5-4-6-8-13/h9-10,12-13H,3-8,11,17H2,1-2H3,(H,18,20)/t12-/m0/s1. The van der Waals surface area contributed by atoms with E-state index in [0.29, 0.717) is 11.7 Å². The predicted molar refractivity (Wildman–Crippen MR) is 81.4 cm³/mol. The summed E-state index contributed by atoms with van der Waals surface area (Å²) in [6.45, 7) is 4.32. The number of rotatable bonds is 5. The van der Waals surface area contributed by atoms with Crippen molar-refractivity contribution in [3.8, 4) is 0 Å². The van der Waals surface area contributed by atoms with Crippen molar-refractivity contribution in [3.05, 3.63) is 23.5 Å². The number of aromatic nitrogens is 1. The molecule has 0 spiro atoms. The monoisotopic (exact) mass is 277 g/mol. The van der Waals surface area contributed by atoms with Gasteiger partial charge in [0.05, 0.1) is 0 Å². The SMILES string of the molecule is CC[C@H](C)n1c(CC2CCCCC2)ccc1C(=O)NN. The molecule has 1 heterocycles. The Morgan fingerprint density at radius 1 is 1.40 bits per heavy atom. The lowest BCUT2D eigenvalue weighted by atomic mass is 9.86. The highest BCUT2D eigenvalue weighted by molar-refractivity contribution is 5.92. The van der Waals surface area contributed by atoms with Crippen molar-refractivity contribution in [1.82, 2.24) is 9.99 Å². The molecule has 4 heteroatoms. The van der Waals surface area contributed by atoms with E-state index in [1.54, 1.807) is 0 Å². The summed E-state index contributed by atoms with van der Waals surface area (Å²) in [4.78, 5) is 11.9. The number of carbonyl (C=O) groups excluding carboxylic acids is 1. The van der Waals surface area contributed by atoms with Crippen molar-refractivity contribution < 1.29 is 4.79 Å². The maximum Gasteiger partial charge on any atom is 0.281 e. The lowest BCUT2D eigenvalue weighted by Gasteiger charge is -2.24. The van der Waals surface area contributed by atoms with Crippen LogP contribution in [0.15, 0.2) is 12.1 Å². The Morgan fingerprint density at radius 2 is 2.10 bits per heavy atom. The van der Waals surface area contributed by atoms with E-state index in [9.17, 15) is 4.79 Å². The first-order chi connectivity index (χ1) is 9.67. The summed E-state index contributed by atoms with van der Waals surface area (Å²) in [6, 6.07) is 4.34. The smallest absolute Gasteiger partial charge is 0.281 e. The van der Waals surface area contributed by atoms with Crippen LogP contribution in [-0.2, 0) is 6.42 Å². The van der Waals surface area contributed by atoms with E-state index in [-0.39, 0.29) is 5.91 Å². The maximum atomic E-state index is 11.9. The van der Waals surface area contributed by atoms with Crippen molar-refractivity contribution in [3.63, 3.8) is 0 Å². The summed E-state index contributed by atoms with van der Waals surface area (Å²) in [5.41, 5.74) is 4.23. The van der Waals surface area contributed by atoms with Crippen LogP contribution < -0.4 is 11.3 Å². The topological polar surface area (TPSA) is 60.0 Å². The Hall–Kier alpha value is -1.29. The number of carbonyl (C=O) groups is 1. The van der Waals surface area contributed by atoms with Gasteiger partial charge >= 0.3 is 0 Å². The number of hydrogen-bond donors (Lipinski definition) is 2.